The number of aliphatic hydroxyl groups excluding tert-OH is 1. The van der Waals surface area contributed by atoms with Crippen molar-refractivity contribution in [3.05, 3.63) is 59.7 Å². The quantitative estimate of drug-likeness (QED) is 0.309. The summed E-state index contributed by atoms with van der Waals surface area (Å²) in [5, 5.41) is 20.8. The molecule has 0 unspecified atom stereocenters. The number of aliphatic carboxylic acids is 1. The molecule has 0 aliphatic heterocycles. The minimum atomic E-state index is -1.22. The summed E-state index contributed by atoms with van der Waals surface area (Å²) in [6.45, 7) is 0.873. The standard InChI is InChI=1S/C28H35N3O8/c1-2-12-30(14-15-32)25(33)18-38-19-26(34)31(16-27(35)36)13-11-29-28(37)39-17-24-22-9-5-3-7-20(22)21-8-4-6-10-23(21)24/h3-10,24,32H,2,11-19H2,1H3,(H,29,37)(H,35,36). The first kappa shape index (κ1) is 29.6. The number of aliphatic hydroxyl groups is 1. The highest BCUT2D eigenvalue weighted by Crippen LogP contribution is 2.44. The SMILES string of the molecule is CCCN(CCO)C(=O)COCC(=O)N(CCNC(=O)OCC1c2ccccc2-c2ccccc21)CC(=O)O. The summed E-state index contributed by atoms with van der Waals surface area (Å²) < 4.78 is 10.7. The van der Waals surface area contributed by atoms with Gasteiger partial charge in [0.1, 0.15) is 26.4 Å². The third kappa shape index (κ3) is 8.26. The highest BCUT2D eigenvalue weighted by Gasteiger charge is 2.29. The van der Waals surface area contributed by atoms with Crippen LogP contribution in [0.2, 0.25) is 0 Å². The molecule has 0 saturated carbocycles. The lowest BCUT2D eigenvalue weighted by molar-refractivity contribution is -0.148. The van der Waals surface area contributed by atoms with E-state index in [2.05, 4.69) is 5.32 Å². The molecule has 11 nitrogen and oxygen atoms in total. The van der Waals surface area contributed by atoms with Gasteiger partial charge in [-0.25, -0.2) is 4.79 Å². The average Bonchev–Trinajstić information content (AvgIpc) is 3.24. The molecule has 1 aliphatic rings. The number of nitrogens with one attached hydrogen (secondary N) is 1. The zero-order valence-electron chi connectivity index (χ0n) is 22.0. The van der Waals surface area contributed by atoms with Crippen LogP contribution in [0, 0.1) is 0 Å². The Hall–Kier alpha value is -3.96. The van der Waals surface area contributed by atoms with Crippen molar-refractivity contribution < 1.29 is 38.9 Å². The molecule has 11 heteroatoms. The Balaban J connectivity index is 1.45. The smallest absolute Gasteiger partial charge is 0.407 e. The highest BCUT2D eigenvalue weighted by atomic mass is 16.5. The predicted molar refractivity (Wildman–Crippen MR) is 142 cm³/mol. The molecule has 3 amide bonds. The maximum Gasteiger partial charge on any atom is 0.407 e. The van der Waals surface area contributed by atoms with Crippen LogP contribution in [0.25, 0.3) is 11.1 Å². The number of carbonyl (C=O) groups excluding carboxylic acids is 3. The number of ether oxygens (including phenoxy) is 2. The van der Waals surface area contributed by atoms with Crippen LogP contribution >= 0.6 is 0 Å². The monoisotopic (exact) mass is 541 g/mol. The van der Waals surface area contributed by atoms with Gasteiger partial charge in [-0.15, -0.1) is 0 Å². The second-order valence-corrected chi connectivity index (χ2v) is 9.06. The molecule has 2 aromatic carbocycles. The number of hydrogen-bond donors (Lipinski definition) is 3. The molecule has 2 aromatic rings. The number of alkyl carbamates (subject to hydrolysis) is 1. The van der Waals surface area contributed by atoms with Gasteiger partial charge in [0, 0.05) is 32.1 Å². The molecule has 0 atom stereocenters. The molecule has 0 spiro atoms. The summed E-state index contributed by atoms with van der Waals surface area (Å²) in [5.41, 5.74) is 4.38. The van der Waals surface area contributed by atoms with E-state index in [-0.39, 0.29) is 51.3 Å². The molecule has 3 N–H and O–H groups in total. The molecular weight excluding hydrogens is 506 g/mol. The van der Waals surface area contributed by atoms with Gasteiger partial charge in [-0.05, 0) is 28.7 Å². The van der Waals surface area contributed by atoms with Crippen molar-refractivity contribution in [1.82, 2.24) is 15.1 Å². The third-order valence-electron chi connectivity index (χ3n) is 6.34. The molecule has 210 valence electrons. The summed E-state index contributed by atoms with van der Waals surface area (Å²) in [5.74, 6) is -2.33. The van der Waals surface area contributed by atoms with E-state index in [1.54, 1.807) is 0 Å². The van der Waals surface area contributed by atoms with Crippen LogP contribution in [0.15, 0.2) is 48.5 Å². The van der Waals surface area contributed by atoms with Crippen LogP contribution in [-0.2, 0) is 23.9 Å². The minimum absolute atomic E-state index is 0.0323. The van der Waals surface area contributed by atoms with Gasteiger partial charge in [-0.1, -0.05) is 55.5 Å². The number of nitrogens with zero attached hydrogens (tertiary/aromatic N) is 2. The molecule has 3 rings (SSSR count). The van der Waals surface area contributed by atoms with E-state index in [1.807, 2.05) is 55.5 Å². The van der Waals surface area contributed by atoms with Crippen molar-refractivity contribution in [2.75, 3.05) is 59.2 Å². The number of carboxylic acids is 1. The van der Waals surface area contributed by atoms with Gasteiger partial charge in [0.2, 0.25) is 11.8 Å². The number of carbonyl (C=O) groups is 4. The van der Waals surface area contributed by atoms with Gasteiger partial charge in [-0.3, -0.25) is 14.4 Å². The van der Waals surface area contributed by atoms with E-state index in [1.165, 1.54) is 4.90 Å². The first-order valence-corrected chi connectivity index (χ1v) is 12.9. The van der Waals surface area contributed by atoms with E-state index in [9.17, 15) is 24.3 Å². The largest absolute Gasteiger partial charge is 0.480 e. The van der Waals surface area contributed by atoms with Crippen LogP contribution in [0.5, 0.6) is 0 Å². The molecule has 0 bridgehead atoms. The Morgan fingerprint density at radius 2 is 1.46 bits per heavy atom. The Labute approximate surface area is 227 Å². The first-order valence-electron chi connectivity index (χ1n) is 12.9. The van der Waals surface area contributed by atoms with Crippen molar-refractivity contribution in [2.24, 2.45) is 0 Å². The number of benzene rings is 2. The van der Waals surface area contributed by atoms with Crippen molar-refractivity contribution in [3.63, 3.8) is 0 Å². The molecular formula is C28H35N3O8. The number of hydrogen-bond acceptors (Lipinski definition) is 7. The Kier molecular flexibility index (Phi) is 11.3. The topological polar surface area (TPSA) is 146 Å². The Morgan fingerprint density at radius 1 is 0.872 bits per heavy atom. The maximum absolute atomic E-state index is 12.5. The lowest BCUT2D eigenvalue weighted by Crippen LogP contribution is -2.43. The van der Waals surface area contributed by atoms with Crippen LogP contribution in [-0.4, -0.2) is 103 Å². The van der Waals surface area contributed by atoms with E-state index >= 15 is 0 Å². The third-order valence-corrected chi connectivity index (χ3v) is 6.34. The summed E-state index contributed by atoms with van der Waals surface area (Å²) in [6, 6.07) is 15.9. The van der Waals surface area contributed by atoms with E-state index in [0.717, 1.165) is 27.2 Å². The minimum Gasteiger partial charge on any atom is -0.480 e. The van der Waals surface area contributed by atoms with E-state index in [0.29, 0.717) is 13.0 Å². The molecule has 0 saturated heterocycles. The van der Waals surface area contributed by atoms with Crippen molar-refractivity contribution >= 4 is 23.9 Å². The molecule has 0 fully saturated rings. The summed E-state index contributed by atoms with van der Waals surface area (Å²) >= 11 is 0. The van der Waals surface area contributed by atoms with Crippen LogP contribution in [0.1, 0.15) is 30.4 Å². The highest BCUT2D eigenvalue weighted by molar-refractivity contribution is 5.83. The molecule has 1 aliphatic carbocycles. The molecule has 0 radical (unpaired) electrons. The normalized spacial score (nSPS) is 11.8. The second kappa shape index (κ2) is 14.8. The van der Waals surface area contributed by atoms with Crippen molar-refractivity contribution in [1.29, 1.82) is 0 Å². The Morgan fingerprint density at radius 3 is 2.03 bits per heavy atom. The summed E-state index contributed by atoms with van der Waals surface area (Å²) in [4.78, 5) is 50.8. The van der Waals surface area contributed by atoms with Gasteiger partial charge >= 0.3 is 12.1 Å². The van der Waals surface area contributed by atoms with Gasteiger partial charge in [0.25, 0.3) is 0 Å². The predicted octanol–water partition coefficient (Wildman–Crippen LogP) is 1.69. The lowest BCUT2D eigenvalue weighted by Gasteiger charge is -2.23. The molecule has 0 aromatic heterocycles. The lowest BCUT2D eigenvalue weighted by atomic mass is 9.98. The van der Waals surface area contributed by atoms with Crippen molar-refractivity contribution in [3.8, 4) is 11.1 Å². The number of amides is 3. The van der Waals surface area contributed by atoms with Crippen LogP contribution < -0.4 is 5.32 Å². The van der Waals surface area contributed by atoms with Gasteiger partial charge in [-0.2, -0.15) is 0 Å². The van der Waals surface area contributed by atoms with Crippen LogP contribution in [0.3, 0.4) is 0 Å². The zero-order chi connectivity index (χ0) is 28.2. The van der Waals surface area contributed by atoms with E-state index < -0.39 is 31.1 Å². The maximum atomic E-state index is 12.5. The number of carboxylic acid groups (broad SMARTS) is 1. The number of fused-ring (bicyclic) bond motifs is 3. The van der Waals surface area contributed by atoms with Gasteiger partial charge in [0.15, 0.2) is 0 Å². The van der Waals surface area contributed by atoms with Gasteiger partial charge in [0.05, 0.1) is 6.61 Å². The zero-order valence-corrected chi connectivity index (χ0v) is 22.0. The molecule has 39 heavy (non-hydrogen) atoms. The Bertz CT molecular complexity index is 1100. The first-order chi connectivity index (χ1) is 18.8. The fourth-order valence-corrected chi connectivity index (χ4v) is 4.56. The van der Waals surface area contributed by atoms with Crippen molar-refractivity contribution in [2.45, 2.75) is 19.3 Å². The second-order valence-electron chi connectivity index (χ2n) is 9.06. The average molecular weight is 542 g/mol. The van der Waals surface area contributed by atoms with Crippen LogP contribution in [0.4, 0.5) is 4.79 Å². The fourth-order valence-electron chi connectivity index (χ4n) is 4.56. The van der Waals surface area contributed by atoms with E-state index in [4.69, 9.17) is 14.6 Å². The number of rotatable bonds is 15. The molecule has 0 heterocycles. The summed E-state index contributed by atoms with van der Waals surface area (Å²) in [6.07, 6.45) is 0.0228. The summed E-state index contributed by atoms with van der Waals surface area (Å²) in [7, 11) is 0. The fraction of sp³-hybridized carbons (Fsp3) is 0.429. The van der Waals surface area contributed by atoms with Gasteiger partial charge < -0.3 is 34.8 Å².